The monoisotopic (exact) mass is 515 g/mol. The first kappa shape index (κ1) is 25.3. The molecule has 3 heterocycles. The first-order valence-electron chi connectivity index (χ1n) is 10.9. The number of β-amino-alcohol motifs (C(OH)–C–C–N with tert-alkyl or cyclic N) is 1. The van der Waals surface area contributed by atoms with Crippen molar-refractivity contribution in [3.05, 3.63) is 53.0 Å². The molecular weight excluding hydrogens is 492 g/mol. The zero-order chi connectivity index (χ0) is 25.8. The molecule has 5 N–H and O–H groups in total. The second kappa shape index (κ2) is 10.9. The molecule has 0 bridgehead atoms. The molecule has 190 valence electrons. The summed E-state index contributed by atoms with van der Waals surface area (Å²) >= 11 is 5.99. The van der Waals surface area contributed by atoms with Crippen LogP contribution in [0.4, 0.5) is 23.1 Å². The van der Waals surface area contributed by atoms with Gasteiger partial charge in [0.1, 0.15) is 23.5 Å². The van der Waals surface area contributed by atoms with E-state index >= 15 is 0 Å². The van der Waals surface area contributed by atoms with E-state index in [1.54, 1.807) is 30.1 Å². The number of aliphatic hydroxyl groups is 1. The maximum Gasteiger partial charge on any atom is 0.243 e. The van der Waals surface area contributed by atoms with Crippen molar-refractivity contribution < 1.29 is 20.2 Å². The lowest BCUT2D eigenvalue weighted by Gasteiger charge is -2.37. The molecule has 0 aliphatic carbocycles. The number of likely N-dealkylation sites (N-methyl/N-ethyl adjacent to an activating group) is 1. The lowest BCUT2D eigenvalue weighted by Crippen LogP contribution is -2.55. The van der Waals surface area contributed by atoms with Gasteiger partial charge < -0.3 is 31.3 Å². The Morgan fingerprint density at radius 3 is 2.64 bits per heavy atom. The number of carbonyl (C=O) groups excluding carboxylic acids is 1. The predicted molar refractivity (Wildman–Crippen MR) is 134 cm³/mol. The number of pyridine rings is 1. The van der Waals surface area contributed by atoms with Gasteiger partial charge in [-0.2, -0.15) is 0 Å². The summed E-state index contributed by atoms with van der Waals surface area (Å²) in [7, 11) is 1.73. The molecule has 36 heavy (non-hydrogen) atoms. The highest BCUT2D eigenvalue weighted by Crippen LogP contribution is 2.37. The highest BCUT2D eigenvalue weighted by atomic mass is 35.5. The van der Waals surface area contributed by atoms with Gasteiger partial charge in [-0.1, -0.05) is 11.6 Å². The predicted octanol–water partition coefficient (Wildman–Crippen LogP) is 1.71. The number of anilines is 4. The fourth-order valence-corrected chi connectivity index (χ4v) is 3.87. The van der Waals surface area contributed by atoms with Gasteiger partial charge in [0.15, 0.2) is 0 Å². The molecule has 0 radical (unpaired) electrons. The number of nitrogens with zero attached hydrogens (tertiary/aromatic N) is 6. The summed E-state index contributed by atoms with van der Waals surface area (Å²) in [5, 5.41) is 47.0. The SMILES string of the molecule is CN1CC(=O)N(c2cnc(NCCNc3ccc(N([O-])O)cn3)nc2-c2ccc(Cl)cc2O)C(O)C1. The van der Waals surface area contributed by atoms with Crippen LogP contribution in [0, 0.1) is 5.21 Å². The van der Waals surface area contributed by atoms with Crippen LogP contribution in [-0.4, -0.2) is 80.6 Å². The number of benzene rings is 1. The third-order valence-corrected chi connectivity index (χ3v) is 5.61. The van der Waals surface area contributed by atoms with Gasteiger partial charge in [0.25, 0.3) is 0 Å². The zero-order valence-corrected chi connectivity index (χ0v) is 19.9. The van der Waals surface area contributed by atoms with Crippen molar-refractivity contribution in [1.29, 1.82) is 0 Å². The molecule has 4 rings (SSSR count). The van der Waals surface area contributed by atoms with E-state index in [2.05, 4.69) is 25.6 Å². The summed E-state index contributed by atoms with van der Waals surface area (Å²) in [6.07, 6.45) is 1.53. The van der Waals surface area contributed by atoms with Crippen molar-refractivity contribution in [3.63, 3.8) is 0 Å². The molecule has 1 amide bonds. The summed E-state index contributed by atoms with van der Waals surface area (Å²) in [6.45, 7) is 1.13. The molecule has 1 unspecified atom stereocenters. The molecule has 0 spiro atoms. The zero-order valence-electron chi connectivity index (χ0n) is 19.2. The largest absolute Gasteiger partial charge is 0.733 e. The van der Waals surface area contributed by atoms with Crippen LogP contribution in [0.15, 0.2) is 42.7 Å². The first-order valence-corrected chi connectivity index (χ1v) is 11.2. The van der Waals surface area contributed by atoms with Crippen molar-refractivity contribution in [2.45, 2.75) is 6.23 Å². The smallest absolute Gasteiger partial charge is 0.243 e. The topological polar surface area (TPSA) is 173 Å². The van der Waals surface area contributed by atoms with Gasteiger partial charge in [-0.05, 0) is 37.4 Å². The Kier molecular flexibility index (Phi) is 7.67. The van der Waals surface area contributed by atoms with Gasteiger partial charge in [-0.3, -0.25) is 19.8 Å². The summed E-state index contributed by atoms with van der Waals surface area (Å²) in [5.74, 6) is 0.249. The average molecular weight is 516 g/mol. The van der Waals surface area contributed by atoms with E-state index in [1.807, 2.05) is 0 Å². The Balaban J connectivity index is 1.54. The third kappa shape index (κ3) is 5.72. The fourth-order valence-electron chi connectivity index (χ4n) is 3.70. The molecule has 1 atom stereocenters. The quantitative estimate of drug-likeness (QED) is 0.217. The number of hydrogen-bond acceptors (Lipinski definition) is 12. The molecule has 1 aliphatic rings. The van der Waals surface area contributed by atoms with E-state index in [0.717, 1.165) is 0 Å². The van der Waals surface area contributed by atoms with Crippen LogP contribution in [0.1, 0.15) is 0 Å². The second-order valence-corrected chi connectivity index (χ2v) is 8.49. The second-order valence-electron chi connectivity index (χ2n) is 8.06. The minimum atomic E-state index is -1.12. The summed E-state index contributed by atoms with van der Waals surface area (Å²) in [4.78, 5) is 28.5. The highest BCUT2D eigenvalue weighted by molar-refractivity contribution is 6.30. The molecular formula is C22H24ClN8O5-. The Morgan fingerprint density at radius 2 is 1.97 bits per heavy atom. The van der Waals surface area contributed by atoms with Gasteiger partial charge in [-0.25, -0.2) is 15.0 Å². The number of hydrogen-bond donors (Lipinski definition) is 5. The first-order chi connectivity index (χ1) is 17.2. The number of aromatic hydroxyl groups is 1. The number of amides is 1. The van der Waals surface area contributed by atoms with E-state index in [0.29, 0.717) is 29.5 Å². The van der Waals surface area contributed by atoms with Crippen LogP contribution in [0.2, 0.25) is 5.02 Å². The van der Waals surface area contributed by atoms with Gasteiger partial charge in [0.2, 0.25) is 11.9 Å². The molecule has 1 aromatic carbocycles. The minimum Gasteiger partial charge on any atom is -0.733 e. The van der Waals surface area contributed by atoms with E-state index in [-0.39, 0.29) is 53.0 Å². The number of piperazine rings is 1. The fraction of sp³-hybridized carbons (Fsp3) is 0.273. The number of nitrogens with one attached hydrogen (secondary N) is 2. The Morgan fingerprint density at radius 1 is 1.19 bits per heavy atom. The standard InChI is InChI=1S/C22H24ClN8O5/c1-29-11-19(33)30(20(34)12-29)16-10-27-22(28-21(16)15-4-2-13(23)8-17(15)32)25-7-6-24-18-5-3-14(9-26-18)31(35)36/h2-5,8-10,19,32-33,35H,6-7,11-12H2,1H3,(H,24,26)(H,25,27,28)/q-1. The summed E-state index contributed by atoms with van der Waals surface area (Å²) in [5.41, 5.74) is 0.823. The van der Waals surface area contributed by atoms with E-state index in [1.165, 1.54) is 29.4 Å². The maximum atomic E-state index is 12.7. The molecule has 1 saturated heterocycles. The van der Waals surface area contributed by atoms with Crippen LogP contribution in [0.5, 0.6) is 5.75 Å². The third-order valence-electron chi connectivity index (χ3n) is 5.37. The molecule has 0 saturated carbocycles. The van der Waals surface area contributed by atoms with Gasteiger partial charge in [-0.15, -0.1) is 0 Å². The van der Waals surface area contributed by atoms with Crippen molar-refractivity contribution in [2.75, 3.05) is 54.0 Å². The van der Waals surface area contributed by atoms with Crippen LogP contribution in [0.25, 0.3) is 11.3 Å². The Bertz CT molecular complexity index is 1230. The van der Waals surface area contributed by atoms with Crippen molar-refractivity contribution >= 4 is 40.6 Å². The maximum absolute atomic E-state index is 12.7. The van der Waals surface area contributed by atoms with Gasteiger partial charge >= 0.3 is 0 Å². The van der Waals surface area contributed by atoms with E-state index in [9.17, 15) is 20.2 Å². The summed E-state index contributed by atoms with van der Waals surface area (Å²) < 4.78 is 0. The van der Waals surface area contributed by atoms with E-state index < -0.39 is 6.23 Å². The normalized spacial score (nSPS) is 16.2. The molecule has 3 aromatic rings. The lowest BCUT2D eigenvalue weighted by atomic mass is 10.1. The number of aliphatic hydroxyl groups excluding tert-OH is 1. The van der Waals surface area contributed by atoms with Gasteiger partial charge in [0.05, 0.1) is 30.3 Å². The van der Waals surface area contributed by atoms with E-state index in [4.69, 9.17) is 16.8 Å². The minimum absolute atomic E-state index is 0.00842. The highest BCUT2D eigenvalue weighted by Gasteiger charge is 2.33. The molecule has 1 aliphatic heterocycles. The average Bonchev–Trinajstić information content (AvgIpc) is 2.82. The van der Waals surface area contributed by atoms with Crippen LogP contribution >= 0.6 is 11.6 Å². The van der Waals surface area contributed by atoms with Crippen molar-refractivity contribution in [2.24, 2.45) is 0 Å². The van der Waals surface area contributed by atoms with Crippen molar-refractivity contribution in [3.8, 4) is 17.0 Å². The van der Waals surface area contributed by atoms with Crippen LogP contribution < -0.4 is 20.8 Å². The van der Waals surface area contributed by atoms with Crippen molar-refractivity contribution in [1.82, 2.24) is 19.9 Å². The number of carbonyl (C=O) groups is 1. The summed E-state index contributed by atoms with van der Waals surface area (Å²) in [6, 6.07) is 7.48. The number of phenolic OH excluding ortho intramolecular Hbond substituents is 1. The number of halogens is 1. The number of phenols is 1. The molecule has 1 fully saturated rings. The number of rotatable bonds is 8. The molecule has 14 heteroatoms. The Labute approximate surface area is 211 Å². The lowest BCUT2D eigenvalue weighted by molar-refractivity contribution is -0.124. The molecule has 2 aromatic heterocycles. The number of aromatic nitrogens is 3. The van der Waals surface area contributed by atoms with Gasteiger partial charge in [0, 0.05) is 30.2 Å². The Hall–Kier alpha value is -3.75. The van der Waals surface area contributed by atoms with Crippen LogP contribution in [0.3, 0.4) is 0 Å². The molecule has 13 nitrogen and oxygen atoms in total. The van der Waals surface area contributed by atoms with Crippen LogP contribution in [-0.2, 0) is 4.79 Å².